The molecule has 0 unspecified atom stereocenters. The number of anilines is 1. The number of aryl methyl sites for hydroxylation is 1. The van der Waals surface area contributed by atoms with E-state index < -0.39 is 0 Å². The van der Waals surface area contributed by atoms with Crippen LogP contribution in [0.3, 0.4) is 0 Å². The van der Waals surface area contributed by atoms with Crippen LogP contribution in [-0.2, 0) is 6.42 Å². The Morgan fingerprint density at radius 3 is 2.54 bits per heavy atom. The van der Waals surface area contributed by atoms with E-state index in [1.165, 1.54) is 0 Å². The summed E-state index contributed by atoms with van der Waals surface area (Å²) in [6.07, 6.45) is 0.836. The van der Waals surface area contributed by atoms with Crippen LogP contribution in [0.4, 0.5) is 10.1 Å². The number of hydrogen-bond acceptors (Lipinski definition) is 1. The number of benzene rings is 1. The maximum atomic E-state index is 13.2. The van der Waals surface area contributed by atoms with Crippen molar-refractivity contribution in [3.05, 3.63) is 29.1 Å². The number of halogens is 1. The molecule has 0 aliphatic rings. The molecule has 0 amide bonds. The summed E-state index contributed by atoms with van der Waals surface area (Å²) in [4.78, 5) is 0. The molecular formula is C11H16FN. The summed E-state index contributed by atoms with van der Waals surface area (Å²) >= 11 is 0. The highest BCUT2D eigenvalue weighted by molar-refractivity contribution is 5.49. The largest absolute Gasteiger partial charge is 0.398 e. The molecular weight excluding hydrogens is 165 g/mol. The van der Waals surface area contributed by atoms with Gasteiger partial charge in [0.1, 0.15) is 5.82 Å². The van der Waals surface area contributed by atoms with Crippen molar-refractivity contribution < 1.29 is 4.39 Å². The minimum atomic E-state index is -0.162. The Morgan fingerprint density at radius 1 is 1.38 bits per heavy atom. The normalized spacial score (nSPS) is 10.8. The first kappa shape index (κ1) is 10.0. The monoisotopic (exact) mass is 181 g/mol. The zero-order chi connectivity index (χ0) is 10.0. The van der Waals surface area contributed by atoms with Gasteiger partial charge in [-0.3, -0.25) is 0 Å². The molecule has 1 aromatic rings. The lowest BCUT2D eigenvalue weighted by Gasteiger charge is -2.09. The molecule has 2 N–H and O–H groups in total. The fourth-order valence-corrected chi connectivity index (χ4v) is 1.36. The van der Waals surface area contributed by atoms with Gasteiger partial charge in [-0.1, -0.05) is 13.8 Å². The topological polar surface area (TPSA) is 26.0 Å². The molecule has 2 heteroatoms. The maximum absolute atomic E-state index is 13.2. The van der Waals surface area contributed by atoms with Crippen molar-refractivity contribution in [3.63, 3.8) is 0 Å². The van der Waals surface area contributed by atoms with E-state index >= 15 is 0 Å². The van der Waals surface area contributed by atoms with Crippen LogP contribution in [0.25, 0.3) is 0 Å². The molecule has 1 rings (SSSR count). The fraction of sp³-hybridized carbons (Fsp3) is 0.455. The van der Waals surface area contributed by atoms with Crippen molar-refractivity contribution in [1.29, 1.82) is 0 Å². The van der Waals surface area contributed by atoms with E-state index in [2.05, 4.69) is 13.8 Å². The van der Waals surface area contributed by atoms with E-state index in [1.807, 2.05) is 0 Å². The average molecular weight is 181 g/mol. The lowest BCUT2D eigenvalue weighted by molar-refractivity contribution is 0.606. The first-order valence-corrected chi connectivity index (χ1v) is 4.55. The molecule has 0 fully saturated rings. The van der Waals surface area contributed by atoms with Crippen LogP contribution in [0.1, 0.15) is 25.0 Å². The van der Waals surface area contributed by atoms with Crippen LogP contribution in [0.2, 0.25) is 0 Å². The second-order valence-electron chi connectivity index (χ2n) is 3.90. The Balaban J connectivity index is 3.01. The maximum Gasteiger partial charge on any atom is 0.126 e. The second-order valence-corrected chi connectivity index (χ2v) is 3.90. The second kappa shape index (κ2) is 3.77. The Morgan fingerprint density at radius 2 is 2.00 bits per heavy atom. The van der Waals surface area contributed by atoms with Gasteiger partial charge in [0.15, 0.2) is 0 Å². The van der Waals surface area contributed by atoms with Gasteiger partial charge in [0.05, 0.1) is 0 Å². The first-order valence-electron chi connectivity index (χ1n) is 4.55. The molecule has 0 atom stereocenters. The van der Waals surface area contributed by atoms with Gasteiger partial charge in [-0.25, -0.2) is 4.39 Å². The summed E-state index contributed by atoms with van der Waals surface area (Å²) in [6.45, 7) is 5.92. The van der Waals surface area contributed by atoms with Crippen LogP contribution in [0.15, 0.2) is 12.1 Å². The van der Waals surface area contributed by atoms with Crippen LogP contribution >= 0.6 is 0 Å². The van der Waals surface area contributed by atoms with E-state index in [9.17, 15) is 4.39 Å². The van der Waals surface area contributed by atoms with E-state index in [0.29, 0.717) is 17.2 Å². The minimum Gasteiger partial charge on any atom is -0.398 e. The van der Waals surface area contributed by atoms with Gasteiger partial charge in [-0.15, -0.1) is 0 Å². The smallest absolute Gasteiger partial charge is 0.126 e. The lowest BCUT2D eigenvalue weighted by Crippen LogP contribution is -2.01. The average Bonchev–Trinajstić information content (AvgIpc) is 1.99. The van der Waals surface area contributed by atoms with Crippen molar-refractivity contribution >= 4 is 5.69 Å². The van der Waals surface area contributed by atoms with Crippen molar-refractivity contribution in [2.75, 3.05) is 5.73 Å². The Kier molecular flexibility index (Phi) is 2.91. The molecule has 0 aromatic heterocycles. The van der Waals surface area contributed by atoms with Crippen LogP contribution in [0, 0.1) is 18.7 Å². The molecule has 0 saturated carbocycles. The van der Waals surface area contributed by atoms with Gasteiger partial charge in [-0.2, -0.15) is 0 Å². The summed E-state index contributed by atoms with van der Waals surface area (Å²) < 4.78 is 13.2. The molecule has 1 nitrogen and oxygen atoms in total. The van der Waals surface area contributed by atoms with Crippen LogP contribution < -0.4 is 5.73 Å². The quantitative estimate of drug-likeness (QED) is 0.697. The third-order valence-corrected chi connectivity index (χ3v) is 2.05. The van der Waals surface area contributed by atoms with Gasteiger partial charge in [0, 0.05) is 5.69 Å². The molecule has 0 aliphatic carbocycles. The SMILES string of the molecule is Cc1cc(N)c(CC(C)C)cc1F. The third kappa shape index (κ3) is 2.44. The number of hydrogen-bond donors (Lipinski definition) is 1. The van der Waals surface area contributed by atoms with Crippen LogP contribution in [0.5, 0.6) is 0 Å². The zero-order valence-electron chi connectivity index (χ0n) is 8.39. The van der Waals surface area contributed by atoms with Crippen LogP contribution in [-0.4, -0.2) is 0 Å². The fourth-order valence-electron chi connectivity index (χ4n) is 1.36. The molecule has 0 aliphatic heterocycles. The molecule has 1 aromatic carbocycles. The predicted octanol–water partition coefficient (Wildman–Crippen LogP) is 2.91. The molecule has 0 bridgehead atoms. The Bertz CT molecular complexity index is 305. The van der Waals surface area contributed by atoms with E-state index in [1.54, 1.807) is 19.1 Å². The Hall–Kier alpha value is -1.05. The highest BCUT2D eigenvalue weighted by atomic mass is 19.1. The van der Waals surface area contributed by atoms with Crippen molar-refractivity contribution in [2.24, 2.45) is 5.92 Å². The summed E-state index contributed by atoms with van der Waals surface area (Å²) in [6, 6.07) is 3.25. The summed E-state index contributed by atoms with van der Waals surface area (Å²) in [7, 11) is 0. The van der Waals surface area contributed by atoms with Crippen molar-refractivity contribution in [3.8, 4) is 0 Å². The highest BCUT2D eigenvalue weighted by Gasteiger charge is 2.06. The van der Waals surface area contributed by atoms with E-state index in [0.717, 1.165) is 12.0 Å². The molecule has 72 valence electrons. The van der Waals surface area contributed by atoms with Crippen molar-refractivity contribution in [1.82, 2.24) is 0 Å². The highest BCUT2D eigenvalue weighted by Crippen LogP contribution is 2.20. The summed E-state index contributed by atoms with van der Waals surface area (Å²) in [5, 5.41) is 0. The number of nitrogen functional groups attached to an aromatic ring is 1. The summed E-state index contributed by atoms with van der Waals surface area (Å²) in [5.41, 5.74) is 8.00. The molecule has 0 heterocycles. The minimum absolute atomic E-state index is 0.162. The molecule has 0 radical (unpaired) electrons. The van der Waals surface area contributed by atoms with Crippen molar-refractivity contribution in [2.45, 2.75) is 27.2 Å². The van der Waals surface area contributed by atoms with Gasteiger partial charge >= 0.3 is 0 Å². The molecule has 13 heavy (non-hydrogen) atoms. The van der Waals surface area contributed by atoms with Gasteiger partial charge in [-0.05, 0) is 42.5 Å². The summed E-state index contributed by atoms with van der Waals surface area (Å²) in [5.74, 6) is 0.342. The predicted molar refractivity (Wildman–Crippen MR) is 54.1 cm³/mol. The number of rotatable bonds is 2. The standard InChI is InChI=1S/C11H16FN/c1-7(2)4-9-6-10(12)8(3)5-11(9)13/h5-7H,4,13H2,1-3H3. The Labute approximate surface area is 78.8 Å². The van der Waals surface area contributed by atoms with Gasteiger partial charge in [0.25, 0.3) is 0 Å². The molecule has 0 saturated heterocycles. The van der Waals surface area contributed by atoms with Gasteiger partial charge < -0.3 is 5.73 Å². The third-order valence-electron chi connectivity index (χ3n) is 2.05. The first-order chi connectivity index (χ1) is 6.00. The van der Waals surface area contributed by atoms with Gasteiger partial charge in [0.2, 0.25) is 0 Å². The molecule has 0 spiro atoms. The van der Waals surface area contributed by atoms with E-state index in [-0.39, 0.29) is 5.82 Å². The number of nitrogens with two attached hydrogens (primary N) is 1. The lowest BCUT2D eigenvalue weighted by atomic mass is 10.00. The zero-order valence-corrected chi connectivity index (χ0v) is 8.39. The van der Waals surface area contributed by atoms with E-state index in [4.69, 9.17) is 5.73 Å².